The minimum atomic E-state index is -0.493. The summed E-state index contributed by atoms with van der Waals surface area (Å²) in [5.41, 5.74) is 5.43. The second-order valence-electron chi connectivity index (χ2n) is 12.3. The Kier molecular flexibility index (Phi) is 12.6. The van der Waals surface area contributed by atoms with Crippen molar-refractivity contribution in [3.05, 3.63) is 179 Å². The Morgan fingerprint density at radius 2 is 0.771 bits per heavy atom. The topological polar surface area (TPSA) is 60.4 Å². The van der Waals surface area contributed by atoms with Crippen LogP contribution in [0.4, 0.5) is 0 Å². The van der Waals surface area contributed by atoms with E-state index >= 15 is 0 Å². The lowest BCUT2D eigenvalue weighted by Gasteiger charge is -2.52. The maximum atomic E-state index is 11.2. The van der Waals surface area contributed by atoms with Crippen molar-refractivity contribution in [2.24, 2.45) is 0 Å². The van der Waals surface area contributed by atoms with Gasteiger partial charge >= 0.3 is 0 Å². The summed E-state index contributed by atoms with van der Waals surface area (Å²) < 4.78 is 27.1. The Bertz CT molecular complexity index is 1590. The second kappa shape index (κ2) is 17.9. The molecule has 5 aromatic rings. The fourth-order valence-electron chi connectivity index (χ4n) is 6.45. The SMILES string of the molecule is OC[C@@H]1[C@H](OCc2ccccc2)[C@@H](OCc2ccccc2)[C@@H](OCc2ccccc2)[C@H](COCc2ccccc2)N1Cc1ccccc1. The minimum absolute atomic E-state index is 0.113. The highest BCUT2D eigenvalue weighted by Crippen LogP contribution is 2.34. The molecule has 0 saturated carbocycles. The number of benzene rings is 5. The number of hydrogen-bond acceptors (Lipinski definition) is 6. The Labute approximate surface area is 284 Å². The summed E-state index contributed by atoms with van der Waals surface area (Å²) in [5, 5.41) is 11.2. The number of nitrogens with zero attached hydrogens (tertiary/aromatic N) is 1. The van der Waals surface area contributed by atoms with Crippen LogP contribution < -0.4 is 0 Å². The third-order valence-corrected chi connectivity index (χ3v) is 8.91. The average molecular weight is 644 g/mol. The van der Waals surface area contributed by atoms with E-state index in [2.05, 4.69) is 65.6 Å². The molecule has 6 heteroatoms. The third kappa shape index (κ3) is 9.26. The van der Waals surface area contributed by atoms with Crippen molar-refractivity contribution in [3.8, 4) is 0 Å². The Balaban J connectivity index is 1.37. The van der Waals surface area contributed by atoms with Gasteiger partial charge in [0, 0.05) is 6.54 Å². The van der Waals surface area contributed by atoms with Gasteiger partial charge in [0.05, 0.1) is 51.7 Å². The van der Waals surface area contributed by atoms with Gasteiger partial charge in [-0.2, -0.15) is 0 Å². The highest BCUT2D eigenvalue weighted by atomic mass is 16.6. The number of piperidine rings is 1. The number of aliphatic hydroxyl groups excluding tert-OH is 1. The molecule has 6 rings (SSSR count). The molecule has 0 spiro atoms. The van der Waals surface area contributed by atoms with Crippen LogP contribution >= 0.6 is 0 Å². The van der Waals surface area contributed by atoms with Crippen LogP contribution in [-0.4, -0.2) is 53.6 Å². The zero-order chi connectivity index (χ0) is 32.8. The number of rotatable bonds is 16. The van der Waals surface area contributed by atoms with E-state index in [0.29, 0.717) is 39.6 Å². The maximum Gasteiger partial charge on any atom is 0.113 e. The molecule has 248 valence electrons. The maximum absolute atomic E-state index is 11.2. The number of hydrogen-bond donors (Lipinski definition) is 1. The molecule has 0 aromatic heterocycles. The van der Waals surface area contributed by atoms with Gasteiger partial charge < -0.3 is 24.1 Å². The number of likely N-dealkylation sites (tertiary alicyclic amines) is 1. The van der Waals surface area contributed by atoms with Crippen molar-refractivity contribution >= 4 is 0 Å². The zero-order valence-corrected chi connectivity index (χ0v) is 27.3. The lowest BCUT2D eigenvalue weighted by molar-refractivity contribution is -0.235. The number of aliphatic hydroxyl groups is 1. The van der Waals surface area contributed by atoms with Gasteiger partial charge in [-0.1, -0.05) is 152 Å². The molecule has 5 aromatic carbocycles. The summed E-state index contributed by atoms with van der Waals surface area (Å²) >= 11 is 0. The van der Waals surface area contributed by atoms with Gasteiger partial charge in [-0.05, 0) is 27.8 Å². The van der Waals surface area contributed by atoms with E-state index in [1.165, 1.54) is 0 Å². The van der Waals surface area contributed by atoms with Crippen LogP contribution in [0.15, 0.2) is 152 Å². The zero-order valence-electron chi connectivity index (χ0n) is 27.3. The molecule has 1 aliphatic heterocycles. The largest absolute Gasteiger partial charge is 0.395 e. The van der Waals surface area contributed by atoms with E-state index in [9.17, 15) is 5.11 Å². The average Bonchev–Trinajstić information content (AvgIpc) is 3.15. The molecule has 1 N–H and O–H groups in total. The van der Waals surface area contributed by atoms with E-state index in [1.807, 2.05) is 91.0 Å². The second-order valence-corrected chi connectivity index (χ2v) is 12.3. The molecular weight excluding hydrogens is 598 g/mol. The molecule has 0 bridgehead atoms. The smallest absolute Gasteiger partial charge is 0.113 e. The molecule has 5 atom stereocenters. The first-order valence-electron chi connectivity index (χ1n) is 16.8. The summed E-state index contributed by atoms with van der Waals surface area (Å²) in [6, 6.07) is 50.5. The van der Waals surface area contributed by atoms with Crippen molar-refractivity contribution in [1.82, 2.24) is 4.90 Å². The number of ether oxygens (including phenoxy) is 4. The van der Waals surface area contributed by atoms with Crippen molar-refractivity contribution in [1.29, 1.82) is 0 Å². The summed E-state index contributed by atoms with van der Waals surface area (Å²) in [6.07, 6.45) is -1.42. The normalized spacial score (nSPS) is 21.2. The fraction of sp³-hybridized carbons (Fsp3) is 0.286. The van der Waals surface area contributed by atoms with Gasteiger partial charge in [-0.3, -0.25) is 4.90 Å². The monoisotopic (exact) mass is 643 g/mol. The lowest BCUT2D eigenvalue weighted by Crippen LogP contribution is -2.69. The van der Waals surface area contributed by atoms with Crippen molar-refractivity contribution in [3.63, 3.8) is 0 Å². The van der Waals surface area contributed by atoms with Gasteiger partial charge in [-0.25, -0.2) is 0 Å². The van der Waals surface area contributed by atoms with Crippen LogP contribution in [0.25, 0.3) is 0 Å². The molecule has 1 aliphatic rings. The van der Waals surface area contributed by atoms with Gasteiger partial charge in [0.2, 0.25) is 0 Å². The van der Waals surface area contributed by atoms with Crippen molar-refractivity contribution in [2.45, 2.75) is 63.4 Å². The molecule has 0 aliphatic carbocycles. The minimum Gasteiger partial charge on any atom is -0.395 e. The van der Waals surface area contributed by atoms with E-state index in [-0.39, 0.29) is 18.7 Å². The fourth-order valence-corrected chi connectivity index (χ4v) is 6.45. The predicted octanol–water partition coefficient (Wildman–Crippen LogP) is 7.20. The predicted molar refractivity (Wildman–Crippen MR) is 188 cm³/mol. The van der Waals surface area contributed by atoms with E-state index in [4.69, 9.17) is 18.9 Å². The van der Waals surface area contributed by atoms with Crippen LogP contribution in [-0.2, 0) is 51.9 Å². The molecule has 1 fully saturated rings. The molecule has 0 radical (unpaired) electrons. The Hall–Kier alpha value is -4.14. The quantitative estimate of drug-likeness (QED) is 0.123. The molecule has 0 unspecified atom stereocenters. The van der Waals surface area contributed by atoms with Crippen molar-refractivity contribution in [2.75, 3.05) is 13.2 Å². The molecule has 48 heavy (non-hydrogen) atoms. The Morgan fingerprint density at radius 3 is 1.19 bits per heavy atom. The van der Waals surface area contributed by atoms with Crippen LogP contribution in [0.5, 0.6) is 0 Å². The molecular formula is C42H45NO5. The van der Waals surface area contributed by atoms with E-state index in [1.54, 1.807) is 0 Å². The van der Waals surface area contributed by atoms with E-state index < -0.39 is 18.3 Å². The standard InChI is InChI=1S/C42H45NO5/c44-27-38-40(46-29-35-20-10-3-11-21-35)42(48-31-37-24-14-5-15-25-37)41(47-30-36-22-12-4-13-23-36)39(32-45-28-34-18-8-2-9-19-34)43(38)26-33-16-6-1-7-17-33/h1-25,38-42,44H,26-32H2/t38-,39+,40+,41+,42-/m1/s1. The van der Waals surface area contributed by atoms with Gasteiger partial charge in [0.15, 0.2) is 0 Å². The van der Waals surface area contributed by atoms with Crippen LogP contribution in [0.2, 0.25) is 0 Å². The summed E-state index contributed by atoms with van der Waals surface area (Å²) in [4.78, 5) is 2.31. The third-order valence-electron chi connectivity index (χ3n) is 8.91. The summed E-state index contributed by atoms with van der Waals surface area (Å²) in [7, 11) is 0. The van der Waals surface area contributed by atoms with Crippen LogP contribution in [0.3, 0.4) is 0 Å². The highest BCUT2D eigenvalue weighted by molar-refractivity contribution is 5.19. The first-order valence-corrected chi connectivity index (χ1v) is 16.8. The van der Waals surface area contributed by atoms with Crippen LogP contribution in [0.1, 0.15) is 27.8 Å². The summed E-state index contributed by atoms with van der Waals surface area (Å²) in [6.45, 7) is 2.50. The highest BCUT2D eigenvalue weighted by Gasteiger charge is 2.51. The van der Waals surface area contributed by atoms with Gasteiger partial charge in [0.25, 0.3) is 0 Å². The first-order chi connectivity index (χ1) is 23.8. The lowest BCUT2D eigenvalue weighted by atomic mass is 9.86. The molecule has 0 amide bonds. The van der Waals surface area contributed by atoms with Crippen LogP contribution in [0, 0.1) is 0 Å². The molecule has 1 saturated heterocycles. The molecule has 6 nitrogen and oxygen atoms in total. The van der Waals surface area contributed by atoms with Gasteiger partial charge in [-0.15, -0.1) is 0 Å². The first kappa shape index (κ1) is 33.7. The Morgan fingerprint density at radius 1 is 0.417 bits per heavy atom. The van der Waals surface area contributed by atoms with E-state index in [0.717, 1.165) is 27.8 Å². The van der Waals surface area contributed by atoms with Crippen molar-refractivity contribution < 1.29 is 24.1 Å². The van der Waals surface area contributed by atoms with Gasteiger partial charge in [0.1, 0.15) is 18.3 Å². The summed E-state index contributed by atoms with van der Waals surface area (Å²) in [5.74, 6) is 0. The molecule has 1 heterocycles.